The van der Waals surface area contributed by atoms with Gasteiger partial charge in [0.1, 0.15) is 23.3 Å². The van der Waals surface area contributed by atoms with E-state index in [1.54, 1.807) is 26.0 Å². The number of carbonyl (C=O) groups is 1. The number of hydrogen-bond donors (Lipinski definition) is 1. The van der Waals surface area contributed by atoms with E-state index in [1.807, 2.05) is 42.5 Å². The van der Waals surface area contributed by atoms with Crippen LogP contribution in [0.2, 0.25) is 0 Å². The fourth-order valence-corrected chi connectivity index (χ4v) is 4.42. The minimum Gasteiger partial charge on any atom is -0.497 e. The number of aromatic nitrogens is 4. The molecule has 3 aromatic rings. The summed E-state index contributed by atoms with van der Waals surface area (Å²) in [5.41, 5.74) is 7.50. The van der Waals surface area contributed by atoms with Crippen LogP contribution in [0.4, 0.5) is 0 Å². The number of amides is 1. The Morgan fingerprint density at radius 3 is 2.32 bits per heavy atom. The van der Waals surface area contributed by atoms with E-state index in [1.165, 1.54) is 0 Å². The van der Waals surface area contributed by atoms with Crippen LogP contribution in [0.25, 0.3) is 0 Å². The molecule has 1 atom stereocenters. The van der Waals surface area contributed by atoms with Crippen molar-refractivity contribution in [3.8, 4) is 17.2 Å². The third-order valence-electron chi connectivity index (χ3n) is 6.32. The third-order valence-corrected chi connectivity index (χ3v) is 6.32. The first-order chi connectivity index (χ1) is 16.5. The second-order valence-electron chi connectivity index (χ2n) is 8.27. The van der Waals surface area contributed by atoms with Crippen LogP contribution in [-0.2, 0) is 11.3 Å². The molecule has 1 amide bonds. The molecule has 0 spiro atoms. The van der Waals surface area contributed by atoms with Crippen molar-refractivity contribution in [2.24, 2.45) is 11.7 Å². The third kappa shape index (κ3) is 4.96. The Morgan fingerprint density at radius 1 is 1.03 bits per heavy atom. The van der Waals surface area contributed by atoms with Crippen LogP contribution in [0.15, 0.2) is 42.5 Å². The van der Waals surface area contributed by atoms with Crippen LogP contribution >= 0.6 is 0 Å². The van der Waals surface area contributed by atoms with Gasteiger partial charge < -0.3 is 19.9 Å². The van der Waals surface area contributed by atoms with Crippen molar-refractivity contribution in [3.05, 3.63) is 59.4 Å². The molecule has 10 nitrogen and oxygen atoms in total. The largest absolute Gasteiger partial charge is 0.497 e. The van der Waals surface area contributed by atoms with Crippen molar-refractivity contribution in [2.75, 3.05) is 34.4 Å². The number of primary amides is 1. The molecular weight excluding hydrogens is 436 g/mol. The van der Waals surface area contributed by atoms with Crippen molar-refractivity contribution in [2.45, 2.75) is 25.4 Å². The highest BCUT2D eigenvalue weighted by atomic mass is 16.5. The van der Waals surface area contributed by atoms with E-state index in [4.69, 9.17) is 19.9 Å². The molecule has 2 heterocycles. The maximum absolute atomic E-state index is 11.7. The fourth-order valence-electron chi connectivity index (χ4n) is 4.42. The van der Waals surface area contributed by atoms with Gasteiger partial charge in [-0.2, -0.15) is 0 Å². The maximum atomic E-state index is 11.7. The van der Waals surface area contributed by atoms with Gasteiger partial charge in [0.05, 0.1) is 27.9 Å². The van der Waals surface area contributed by atoms with E-state index in [2.05, 4.69) is 20.4 Å². The molecule has 2 aromatic carbocycles. The number of hydrogen-bond acceptors (Lipinski definition) is 8. The minimum atomic E-state index is -0.299. The number of nitrogens with zero attached hydrogens (tertiary/aromatic N) is 5. The zero-order valence-corrected chi connectivity index (χ0v) is 19.7. The van der Waals surface area contributed by atoms with Crippen molar-refractivity contribution in [3.63, 3.8) is 0 Å². The lowest BCUT2D eigenvalue weighted by molar-refractivity contribution is -0.123. The molecule has 2 N–H and O–H groups in total. The molecule has 1 aliphatic rings. The lowest BCUT2D eigenvalue weighted by Gasteiger charge is -2.36. The summed E-state index contributed by atoms with van der Waals surface area (Å²) in [6.45, 7) is 1.84. The average molecular weight is 467 g/mol. The molecule has 180 valence electrons. The number of likely N-dealkylation sites (tertiary alicyclic amines) is 1. The van der Waals surface area contributed by atoms with E-state index in [9.17, 15) is 4.79 Å². The van der Waals surface area contributed by atoms with Crippen LogP contribution < -0.4 is 19.9 Å². The van der Waals surface area contributed by atoms with Gasteiger partial charge in [0.15, 0.2) is 5.82 Å². The SMILES string of the molecule is COc1ccc(Cn2nnnc2[C@@H](c2cc(OC)ccc2OC)N2CCC(C(N)=O)CC2)cc1. The van der Waals surface area contributed by atoms with Crippen molar-refractivity contribution < 1.29 is 19.0 Å². The van der Waals surface area contributed by atoms with Crippen LogP contribution in [0.3, 0.4) is 0 Å². The molecule has 0 aliphatic carbocycles. The number of rotatable bonds is 9. The first-order valence-corrected chi connectivity index (χ1v) is 11.2. The molecule has 34 heavy (non-hydrogen) atoms. The quantitative estimate of drug-likeness (QED) is 0.509. The smallest absolute Gasteiger partial charge is 0.220 e. The van der Waals surface area contributed by atoms with E-state index in [0.29, 0.717) is 49.8 Å². The van der Waals surface area contributed by atoms with Crippen LogP contribution in [0.1, 0.15) is 35.8 Å². The van der Waals surface area contributed by atoms with Crippen LogP contribution in [0.5, 0.6) is 17.2 Å². The molecule has 4 rings (SSSR count). The van der Waals surface area contributed by atoms with Crippen molar-refractivity contribution in [1.82, 2.24) is 25.1 Å². The van der Waals surface area contributed by atoms with Gasteiger partial charge >= 0.3 is 0 Å². The molecular formula is C24H30N6O4. The summed E-state index contributed by atoms with van der Waals surface area (Å²) in [6, 6.07) is 13.2. The molecule has 0 saturated carbocycles. The number of piperidine rings is 1. The van der Waals surface area contributed by atoms with E-state index in [0.717, 1.165) is 16.9 Å². The monoisotopic (exact) mass is 466 g/mol. The number of carbonyl (C=O) groups excluding carboxylic acids is 1. The summed E-state index contributed by atoms with van der Waals surface area (Å²) in [4.78, 5) is 14.0. The van der Waals surface area contributed by atoms with Gasteiger partial charge in [0, 0.05) is 11.5 Å². The predicted molar refractivity (Wildman–Crippen MR) is 125 cm³/mol. The Hall–Kier alpha value is -3.66. The number of tetrazole rings is 1. The zero-order chi connectivity index (χ0) is 24.1. The Morgan fingerprint density at radius 2 is 1.71 bits per heavy atom. The van der Waals surface area contributed by atoms with Gasteiger partial charge in [-0.3, -0.25) is 9.69 Å². The highest BCUT2D eigenvalue weighted by molar-refractivity contribution is 5.76. The highest BCUT2D eigenvalue weighted by Gasteiger charge is 2.34. The highest BCUT2D eigenvalue weighted by Crippen LogP contribution is 2.38. The Bertz CT molecular complexity index is 1110. The molecule has 10 heteroatoms. The standard InChI is InChI=1S/C24H30N6O4/c1-32-18-6-4-16(5-7-18)15-30-24(26-27-28-30)22(29-12-10-17(11-13-29)23(25)31)20-14-19(33-2)8-9-21(20)34-3/h4-9,14,17,22H,10-13,15H2,1-3H3,(H2,25,31)/t22-/m1/s1. The summed E-state index contributed by atoms with van der Waals surface area (Å²) >= 11 is 0. The topological polar surface area (TPSA) is 118 Å². The lowest BCUT2D eigenvalue weighted by Crippen LogP contribution is -2.41. The molecule has 1 fully saturated rings. The van der Waals surface area contributed by atoms with Crippen LogP contribution in [0, 0.1) is 5.92 Å². The Labute approximate surface area is 198 Å². The summed E-state index contributed by atoms with van der Waals surface area (Å²) in [7, 11) is 4.91. The van der Waals surface area contributed by atoms with E-state index in [-0.39, 0.29) is 17.9 Å². The molecule has 0 radical (unpaired) electrons. The Kier molecular flexibility index (Phi) is 7.27. The molecule has 1 aromatic heterocycles. The summed E-state index contributed by atoms with van der Waals surface area (Å²) in [5.74, 6) is 2.51. The van der Waals surface area contributed by atoms with Gasteiger partial charge in [-0.25, -0.2) is 4.68 Å². The lowest BCUT2D eigenvalue weighted by atomic mass is 9.93. The fraction of sp³-hybridized carbons (Fsp3) is 0.417. The van der Waals surface area contributed by atoms with Gasteiger partial charge in [-0.05, 0) is 72.3 Å². The molecule has 1 saturated heterocycles. The summed E-state index contributed by atoms with van der Waals surface area (Å²) < 4.78 is 18.3. The van der Waals surface area contributed by atoms with E-state index < -0.39 is 0 Å². The van der Waals surface area contributed by atoms with Gasteiger partial charge in [-0.1, -0.05) is 12.1 Å². The maximum Gasteiger partial charge on any atom is 0.220 e. The van der Waals surface area contributed by atoms with Crippen molar-refractivity contribution in [1.29, 1.82) is 0 Å². The zero-order valence-electron chi connectivity index (χ0n) is 19.7. The molecule has 1 aliphatic heterocycles. The van der Waals surface area contributed by atoms with Gasteiger partial charge in [0.25, 0.3) is 0 Å². The number of ether oxygens (including phenoxy) is 3. The summed E-state index contributed by atoms with van der Waals surface area (Å²) in [5, 5.41) is 12.7. The van der Waals surface area contributed by atoms with E-state index >= 15 is 0 Å². The Balaban J connectivity index is 1.72. The second-order valence-corrected chi connectivity index (χ2v) is 8.27. The number of nitrogens with two attached hydrogens (primary N) is 1. The van der Waals surface area contributed by atoms with Gasteiger partial charge in [0.2, 0.25) is 5.91 Å². The predicted octanol–water partition coefficient (Wildman–Crippen LogP) is 2.03. The van der Waals surface area contributed by atoms with Crippen LogP contribution in [-0.4, -0.2) is 65.4 Å². The first kappa shape index (κ1) is 23.5. The average Bonchev–Trinajstić information content (AvgIpc) is 3.32. The normalized spacial score (nSPS) is 15.6. The first-order valence-electron chi connectivity index (χ1n) is 11.2. The van der Waals surface area contributed by atoms with Gasteiger partial charge in [-0.15, -0.1) is 5.10 Å². The number of benzene rings is 2. The number of methoxy groups -OCH3 is 3. The summed E-state index contributed by atoms with van der Waals surface area (Å²) in [6.07, 6.45) is 1.36. The minimum absolute atomic E-state index is 0.126. The van der Waals surface area contributed by atoms with Crippen molar-refractivity contribution >= 4 is 5.91 Å². The molecule has 0 bridgehead atoms. The second kappa shape index (κ2) is 10.5. The molecule has 0 unspecified atom stereocenters.